The number of aromatic amines is 4. The Hall–Kier alpha value is -1.98. The Morgan fingerprint density at radius 2 is 1.29 bits per heavy atom. The van der Waals surface area contributed by atoms with Crippen LogP contribution in [0.25, 0.3) is 0 Å². The molecule has 2 aromatic heterocycles. The van der Waals surface area contributed by atoms with Crippen LogP contribution in [-0.4, -0.2) is 19.9 Å². The molecule has 0 amide bonds. The van der Waals surface area contributed by atoms with E-state index in [1.165, 1.54) is 0 Å². The van der Waals surface area contributed by atoms with Gasteiger partial charge in [-0.1, -0.05) is 0 Å². The van der Waals surface area contributed by atoms with E-state index in [9.17, 15) is 9.59 Å². The largest absolute Gasteiger partial charge is 0.323 e. The summed E-state index contributed by atoms with van der Waals surface area (Å²) in [6.45, 7) is 0. The second-order valence-corrected chi connectivity index (χ2v) is 3.04. The highest BCUT2D eigenvalue weighted by Gasteiger charge is 1.99. The lowest BCUT2D eigenvalue weighted by molar-refractivity contribution is 0.890. The Kier molecular flexibility index (Phi) is 2.10. The summed E-state index contributed by atoms with van der Waals surface area (Å²) in [5.74, 6) is 0. The average Bonchev–Trinajstić information content (AvgIpc) is 2.72. The highest BCUT2D eigenvalue weighted by atomic mass is 16.1. The molecule has 74 valence electrons. The van der Waals surface area contributed by atoms with Gasteiger partial charge in [-0.2, -0.15) is 0 Å². The number of H-pyrrole nitrogens is 4. The predicted octanol–water partition coefficient (Wildman–Crippen LogP) is -0.495. The van der Waals surface area contributed by atoms with Gasteiger partial charge in [0.1, 0.15) is 0 Å². The topological polar surface area (TPSA) is 97.3 Å². The molecule has 6 nitrogen and oxygen atoms in total. The molecule has 0 aliphatic carbocycles. The van der Waals surface area contributed by atoms with Gasteiger partial charge in [0.25, 0.3) is 0 Å². The molecule has 0 radical (unpaired) electrons. The van der Waals surface area contributed by atoms with Crippen LogP contribution in [0, 0.1) is 0 Å². The minimum absolute atomic E-state index is 0.206. The van der Waals surface area contributed by atoms with E-state index in [1.54, 1.807) is 12.4 Å². The molecule has 2 aromatic rings. The van der Waals surface area contributed by atoms with Gasteiger partial charge < -0.3 is 19.9 Å². The van der Waals surface area contributed by atoms with Crippen LogP contribution >= 0.6 is 0 Å². The average molecular weight is 194 g/mol. The van der Waals surface area contributed by atoms with Gasteiger partial charge >= 0.3 is 11.4 Å². The molecule has 6 heteroatoms. The van der Waals surface area contributed by atoms with Crippen LogP contribution in [0.1, 0.15) is 11.4 Å². The quantitative estimate of drug-likeness (QED) is 0.530. The molecule has 0 bridgehead atoms. The van der Waals surface area contributed by atoms with E-state index in [1.807, 2.05) is 0 Å². The van der Waals surface area contributed by atoms with Crippen molar-refractivity contribution >= 4 is 0 Å². The van der Waals surface area contributed by atoms with Crippen molar-refractivity contribution < 1.29 is 0 Å². The monoisotopic (exact) mass is 194 g/mol. The van der Waals surface area contributed by atoms with Gasteiger partial charge in [-0.25, -0.2) is 9.59 Å². The lowest BCUT2D eigenvalue weighted by Gasteiger charge is -1.93. The van der Waals surface area contributed by atoms with E-state index in [0.29, 0.717) is 12.8 Å². The molecule has 0 atom stereocenters. The van der Waals surface area contributed by atoms with Crippen LogP contribution in [0.3, 0.4) is 0 Å². The lowest BCUT2D eigenvalue weighted by atomic mass is 10.2. The second kappa shape index (κ2) is 3.41. The van der Waals surface area contributed by atoms with Gasteiger partial charge in [-0.15, -0.1) is 0 Å². The Balaban J connectivity index is 2.01. The number of rotatable bonds is 3. The summed E-state index contributed by atoms with van der Waals surface area (Å²) < 4.78 is 0. The summed E-state index contributed by atoms with van der Waals surface area (Å²) in [6, 6.07) is 0. The van der Waals surface area contributed by atoms with Crippen molar-refractivity contribution in [3.8, 4) is 0 Å². The number of aromatic nitrogens is 4. The number of imidazole rings is 2. The van der Waals surface area contributed by atoms with Crippen LogP contribution in [0.15, 0.2) is 22.0 Å². The number of nitrogens with one attached hydrogen (secondary N) is 4. The van der Waals surface area contributed by atoms with Crippen molar-refractivity contribution in [3.63, 3.8) is 0 Å². The van der Waals surface area contributed by atoms with Crippen molar-refractivity contribution in [1.29, 1.82) is 0 Å². The number of hydrogen-bond donors (Lipinski definition) is 4. The summed E-state index contributed by atoms with van der Waals surface area (Å²) in [6.07, 6.45) is 4.64. The zero-order chi connectivity index (χ0) is 9.97. The molecular weight excluding hydrogens is 184 g/mol. The van der Waals surface area contributed by atoms with E-state index in [-0.39, 0.29) is 11.4 Å². The van der Waals surface area contributed by atoms with Crippen molar-refractivity contribution in [2.24, 2.45) is 0 Å². The molecule has 0 aromatic carbocycles. The van der Waals surface area contributed by atoms with Crippen molar-refractivity contribution in [2.45, 2.75) is 12.8 Å². The van der Waals surface area contributed by atoms with Crippen LogP contribution in [0.5, 0.6) is 0 Å². The fourth-order valence-corrected chi connectivity index (χ4v) is 1.28. The van der Waals surface area contributed by atoms with Gasteiger partial charge in [0.15, 0.2) is 0 Å². The van der Waals surface area contributed by atoms with E-state index in [0.717, 1.165) is 11.4 Å². The second-order valence-electron chi connectivity index (χ2n) is 3.04. The van der Waals surface area contributed by atoms with Crippen LogP contribution in [0.2, 0.25) is 0 Å². The number of aryl methyl sites for hydroxylation is 2. The molecular formula is C8H10N4O2. The molecule has 0 saturated carbocycles. The van der Waals surface area contributed by atoms with Gasteiger partial charge in [0.2, 0.25) is 0 Å². The minimum atomic E-state index is -0.206. The maximum Gasteiger partial charge on any atom is 0.323 e. The van der Waals surface area contributed by atoms with E-state index >= 15 is 0 Å². The molecule has 0 aliphatic heterocycles. The maximum absolute atomic E-state index is 10.7. The van der Waals surface area contributed by atoms with Crippen molar-refractivity contribution in [3.05, 3.63) is 44.8 Å². The van der Waals surface area contributed by atoms with Gasteiger partial charge in [-0.3, -0.25) is 0 Å². The molecule has 4 N–H and O–H groups in total. The van der Waals surface area contributed by atoms with Crippen molar-refractivity contribution in [2.75, 3.05) is 0 Å². The van der Waals surface area contributed by atoms with E-state index < -0.39 is 0 Å². The third-order valence-electron chi connectivity index (χ3n) is 1.97. The summed E-state index contributed by atoms with van der Waals surface area (Å²) in [4.78, 5) is 31.8. The Morgan fingerprint density at radius 3 is 1.57 bits per heavy atom. The first-order valence-electron chi connectivity index (χ1n) is 4.27. The molecule has 0 fully saturated rings. The third kappa shape index (κ3) is 1.85. The maximum atomic E-state index is 10.7. The van der Waals surface area contributed by atoms with Gasteiger partial charge in [0.05, 0.1) is 0 Å². The standard InChI is InChI=1S/C8H10N4O2/c13-7-9-3-5(11-7)1-2-6-4-10-8(14)12-6/h3-4H,1-2H2,(H2,9,11,13)(H2,10,12,14). The first kappa shape index (κ1) is 8.61. The first-order valence-corrected chi connectivity index (χ1v) is 4.27. The summed E-state index contributed by atoms with van der Waals surface area (Å²) >= 11 is 0. The predicted molar refractivity (Wildman–Crippen MR) is 50.2 cm³/mol. The Morgan fingerprint density at radius 1 is 0.857 bits per heavy atom. The highest BCUT2D eigenvalue weighted by molar-refractivity contribution is 5.01. The summed E-state index contributed by atoms with van der Waals surface area (Å²) in [5, 5.41) is 0. The van der Waals surface area contributed by atoms with Crippen LogP contribution in [-0.2, 0) is 12.8 Å². The zero-order valence-electron chi connectivity index (χ0n) is 7.39. The summed E-state index contributed by atoms with van der Waals surface area (Å²) in [7, 11) is 0. The highest BCUT2D eigenvalue weighted by Crippen LogP contribution is 1.97. The van der Waals surface area contributed by atoms with Crippen LogP contribution in [0.4, 0.5) is 0 Å². The molecule has 2 rings (SSSR count). The SMILES string of the molecule is O=c1[nH]cc(CCc2c[nH]c(=O)[nH]2)[nH]1. The smallest absolute Gasteiger partial charge is 0.313 e. The van der Waals surface area contributed by atoms with Gasteiger partial charge in [-0.05, 0) is 12.8 Å². The Bertz CT molecular complexity index is 467. The lowest BCUT2D eigenvalue weighted by Crippen LogP contribution is -2.03. The zero-order valence-corrected chi connectivity index (χ0v) is 7.39. The molecule has 0 unspecified atom stereocenters. The fraction of sp³-hybridized carbons (Fsp3) is 0.250. The Labute approximate surface area is 78.4 Å². The molecule has 0 aliphatic rings. The van der Waals surface area contributed by atoms with Crippen molar-refractivity contribution in [1.82, 2.24) is 19.9 Å². The van der Waals surface area contributed by atoms with E-state index in [4.69, 9.17) is 0 Å². The van der Waals surface area contributed by atoms with E-state index in [2.05, 4.69) is 19.9 Å². The summed E-state index contributed by atoms with van der Waals surface area (Å²) in [5.41, 5.74) is 1.25. The van der Waals surface area contributed by atoms with Gasteiger partial charge in [0, 0.05) is 23.8 Å². The fourth-order valence-electron chi connectivity index (χ4n) is 1.28. The molecule has 0 spiro atoms. The minimum Gasteiger partial charge on any atom is -0.313 e. The first-order chi connectivity index (χ1) is 6.74. The van der Waals surface area contributed by atoms with Crippen LogP contribution < -0.4 is 11.4 Å². The molecule has 14 heavy (non-hydrogen) atoms. The normalized spacial score (nSPS) is 10.6. The molecule has 2 heterocycles. The molecule has 0 saturated heterocycles. The number of hydrogen-bond acceptors (Lipinski definition) is 2. The third-order valence-corrected chi connectivity index (χ3v) is 1.97.